The van der Waals surface area contributed by atoms with Crippen LogP contribution in [0.2, 0.25) is 0 Å². The third-order valence-electron chi connectivity index (χ3n) is 4.59. The zero-order chi connectivity index (χ0) is 20.8. The Kier molecular flexibility index (Phi) is 6.31. The van der Waals surface area contributed by atoms with Crippen LogP contribution in [0.1, 0.15) is 12.0 Å². The molecule has 0 saturated carbocycles. The molecule has 0 unspecified atom stereocenters. The van der Waals surface area contributed by atoms with Gasteiger partial charge in [0.1, 0.15) is 24.8 Å². The van der Waals surface area contributed by atoms with E-state index in [9.17, 15) is 14.9 Å². The van der Waals surface area contributed by atoms with Crippen molar-refractivity contribution >= 4 is 17.8 Å². The molecular formula is C19H21N5O5. The number of carbonyl (C=O) groups is 2. The zero-order valence-electron chi connectivity index (χ0n) is 15.9. The summed E-state index contributed by atoms with van der Waals surface area (Å²) < 4.78 is 12.2. The summed E-state index contributed by atoms with van der Waals surface area (Å²) in [4.78, 5) is 28.8. The highest BCUT2D eigenvalue weighted by Crippen LogP contribution is 2.23. The van der Waals surface area contributed by atoms with Crippen LogP contribution in [0.15, 0.2) is 30.7 Å². The van der Waals surface area contributed by atoms with Gasteiger partial charge < -0.3 is 29.4 Å². The number of ether oxygens (including phenoxy) is 2. The quantitative estimate of drug-likeness (QED) is 0.678. The number of nitrogens with one attached hydrogen (secondary N) is 1. The second kappa shape index (κ2) is 9.07. The normalized spacial score (nSPS) is 15.7. The summed E-state index contributed by atoms with van der Waals surface area (Å²) in [6, 6.07) is 7.18. The van der Waals surface area contributed by atoms with Crippen molar-refractivity contribution in [1.82, 2.24) is 14.5 Å². The van der Waals surface area contributed by atoms with Gasteiger partial charge in [-0.25, -0.2) is 9.78 Å². The predicted octanol–water partition coefficient (Wildman–Crippen LogP) is 1.71. The molecule has 3 rings (SSSR count). The number of aromatic nitrogens is 2. The number of carbonyl (C=O) groups excluding carboxylic acids is 1. The smallest absolute Gasteiger partial charge is 0.407 e. The van der Waals surface area contributed by atoms with E-state index in [2.05, 4.69) is 16.4 Å². The zero-order valence-corrected chi connectivity index (χ0v) is 15.9. The number of nitriles is 1. The Bertz CT molecular complexity index is 935. The number of nitrogens with zero attached hydrogens (tertiary/aromatic N) is 4. The molecule has 2 heterocycles. The van der Waals surface area contributed by atoms with Crippen LogP contribution in [-0.2, 0) is 9.53 Å². The van der Waals surface area contributed by atoms with E-state index in [1.807, 2.05) is 0 Å². The van der Waals surface area contributed by atoms with Gasteiger partial charge in [-0.2, -0.15) is 5.26 Å². The molecule has 10 nitrogen and oxygen atoms in total. The number of hydrogen-bond acceptors (Lipinski definition) is 6. The Morgan fingerprint density at radius 2 is 2.24 bits per heavy atom. The molecule has 0 aliphatic carbocycles. The third kappa shape index (κ3) is 4.83. The lowest BCUT2D eigenvalue weighted by atomic mass is 10.1. The highest BCUT2D eigenvalue weighted by Gasteiger charge is 2.31. The van der Waals surface area contributed by atoms with E-state index in [4.69, 9.17) is 14.6 Å². The van der Waals surface area contributed by atoms with Gasteiger partial charge in [0.15, 0.2) is 5.82 Å². The first-order valence-corrected chi connectivity index (χ1v) is 9.00. The summed E-state index contributed by atoms with van der Waals surface area (Å²) in [6.07, 6.45) is 2.53. The fourth-order valence-electron chi connectivity index (χ4n) is 3.05. The molecule has 1 aliphatic heterocycles. The van der Waals surface area contributed by atoms with Gasteiger partial charge in [0.25, 0.3) is 0 Å². The van der Waals surface area contributed by atoms with Crippen LogP contribution in [0.3, 0.4) is 0 Å². The Balaban J connectivity index is 1.71. The van der Waals surface area contributed by atoms with Crippen molar-refractivity contribution in [2.24, 2.45) is 5.92 Å². The molecule has 1 saturated heterocycles. The molecule has 0 spiro atoms. The Labute approximate surface area is 167 Å². The van der Waals surface area contributed by atoms with Crippen LogP contribution in [0, 0.1) is 17.2 Å². The van der Waals surface area contributed by atoms with Crippen LogP contribution < -0.4 is 10.1 Å². The average Bonchev–Trinajstić information content (AvgIpc) is 3.38. The van der Waals surface area contributed by atoms with E-state index in [1.165, 1.54) is 11.2 Å². The predicted molar refractivity (Wildman–Crippen MR) is 102 cm³/mol. The van der Waals surface area contributed by atoms with Gasteiger partial charge in [-0.15, -0.1) is 0 Å². The van der Waals surface area contributed by atoms with Gasteiger partial charge in [0, 0.05) is 26.3 Å². The SMILES string of the molecule is COCCOc1ccc(C#N)c(-n2cnc(NC(=O)[C@H]3CCN(C(=O)O)C3)c2)c1. The van der Waals surface area contributed by atoms with Crippen molar-refractivity contribution in [3.05, 3.63) is 36.3 Å². The molecular weight excluding hydrogens is 378 g/mol. The number of imidazole rings is 1. The molecule has 1 atom stereocenters. The van der Waals surface area contributed by atoms with Gasteiger partial charge in [-0.05, 0) is 18.6 Å². The molecule has 10 heteroatoms. The van der Waals surface area contributed by atoms with Gasteiger partial charge in [-0.1, -0.05) is 0 Å². The molecule has 2 N–H and O–H groups in total. The minimum absolute atomic E-state index is 0.168. The number of benzene rings is 1. The van der Waals surface area contributed by atoms with Crippen LogP contribution in [0.25, 0.3) is 5.69 Å². The van der Waals surface area contributed by atoms with Gasteiger partial charge in [0.2, 0.25) is 5.91 Å². The van der Waals surface area contributed by atoms with Crippen LogP contribution in [0.5, 0.6) is 5.75 Å². The third-order valence-corrected chi connectivity index (χ3v) is 4.59. The maximum Gasteiger partial charge on any atom is 0.407 e. The van der Waals surface area contributed by atoms with Gasteiger partial charge in [-0.3, -0.25) is 4.79 Å². The summed E-state index contributed by atoms with van der Waals surface area (Å²) in [6.45, 7) is 1.32. The summed E-state index contributed by atoms with van der Waals surface area (Å²) >= 11 is 0. The summed E-state index contributed by atoms with van der Waals surface area (Å²) in [7, 11) is 1.58. The topological polar surface area (TPSA) is 130 Å². The fourth-order valence-corrected chi connectivity index (χ4v) is 3.05. The number of carboxylic acid groups (broad SMARTS) is 1. The maximum absolute atomic E-state index is 12.4. The lowest BCUT2D eigenvalue weighted by Crippen LogP contribution is -2.30. The highest BCUT2D eigenvalue weighted by molar-refractivity contribution is 5.92. The number of rotatable bonds is 7. The van der Waals surface area contributed by atoms with Crippen LogP contribution in [0.4, 0.5) is 10.6 Å². The number of anilines is 1. The van der Waals surface area contributed by atoms with E-state index in [0.29, 0.717) is 49.0 Å². The Morgan fingerprint density at radius 3 is 2.93 bits per heavy atom. The molecule has 1 aromatic carbocycles. The van der Waals surface area contributed by atoms with Crippen molar-refractivity contribution in [3.8, 4) is 17.5 Å². The maximum atomic E-state index is 12.4. The second-order valence-corrected chi connectivity index (χ2v) is 6.50. The van der Waals surface area contributed by atoms with E-state index in [-0.39, 0.29) is 12.5 Å². The molecule has 2 amide bonds. The largest absolute Gasteiger partial charge is 0.491 e. The summed E-state index contributed by atoms with van der Waals surface area (Å²) in [5.41, 5.74) is 0.987. The summed E-state index contributed by atoms with van der Waals surface area (Å²) in [5.74, 6) is 0.202. The monoisotopic (exact) mass is 399 g/mol. The Morgan fingerprint density at radius 1 is 1.41 bits per heavy atom. The Hall–Kier alpha value is -3.58. The van der Waals surface area contributed by atoms with E-state index < -0.39 is 12.0 Å². The molecule has 0 radical (unpaired) electrons. The first-order valence-electron chi connectivity index (χ1n) is 9.00. The van der Waals surface area contributed by atoms with Crippen molar-refractivity contribution in [2.45, 2.75) is 6.42 Å². The number of likely N-dealkylation sites (tertiary alicyclic amines) is 1. The molecule has 0 bridgehead atoms. The lowest BCUT2D eigenvalue weighted by molar-refractivity contribution is -0.119. The first kappa shape index (κ1) is 20.2. The average molecular weight is 399 g/mol. The number of amides is 2. The van der Waals surface area contributed by atoms with Crippen molar-refractivity contribution in [2.75, 3.05) is 38.7 Å². The van der Waals surface area contributed by atoms with Gasteiger partial charge in [0.05, 0.1) is 30.0 Å². The lowest BCUT2D eigenvalue weighted by Gasteiger charge is -2.11. The van der Waals surface area contributed by atoms with Gasteiger partial charge >= 0.3 is 6.09 Å². The highest BCUT2D eigenvalue weighted by atomic mass is 16.5. The van der Waals surface area contributed by atoms with E-state index in [1.54, 1.807) is 36.1 Å². The molecule has 152 valence electrons. The first-order chi connectivity index (χ1) is 14.0. The van der Waals surface area contributed by atoms with Crippen LogP contribution in [-0.4, -0.2) is 65.0 Å². The second-order valence-electron chi connectivity index (χ2n) is 6.50. The molecule has 1 aromatic heterocycles. The van der Waals surface area contributed by atoms with E-state index >= 15 is 0 Å². The molecule has 1 aliphatic rings. The van der Waals surface area contributed by atoms with Crippen LogP contribution >= 0.6 is 0 Å². The van der Waals surface area contributed by atoms with Crippen molar-refractivity contribution in [1.29, 1.82) is 5.26 Å². The molecule has 29 heavy (non-hydrogen) atoms. The number of methoxy groups -OCH3 is 1. The fraction of sp³-hybridized carbons (Fsp3) is 0.368. The van der Waals surface area contributed by atoms with Crippen molar-refractivity contribution < 1.29 is 24.2 Å². The molecule has 1 fully saturated rings. The standard InChI is InChI=1S/C19H21N5O5/c1-28-6-7-29-15-3-2-13(9-20)16(8-15)24-11-17(21-12-24)22-18(25)14-4-5-23(10-14)19(26)27/h2-3,8,11-12,14H,4-7,10H2,1H3,(H,22,25)(H,26,27)/t14-/m0/s1. The summed E-state index contributed by atoms with van der Waals surface area (Å²) in [5, 5.41) is 21.1. The minimum Gasteiger partial charge on any atom is -0.491 e. The van der Waals surface area contributed by atoms with E-state index in [0.717, 1.165) is 0 Å². The van der Waals surface area contributed by atoms with Crippen molar-refractivity contribution in [3.63, 3.8) is 0 Å². The number of hydrogen-bond donors (Lipinski definition) is 2. The minimum atomic E-state index is -1.03. The molecule has 2 aromatic rings.